The summed E-state index contributed by atoms with van der Waals surface area (Å²) in [6.45, 7) is 0. The first kappa shape index (κ1) is 7.55. The van der Waals surface area contributed by atoms with E-state index in [4.69, 9.17) is 11.6 Å². The van der Waals surface area contributed by atoms with Gasteiger partial charge in [0.1, 0.15) is 5.82 Å². The zero-order chi connectivity index (χ0) is 8.72. The van der Waals surface area contributed by atoms with Crippen molar-refractivity contribution in [1.29, 1.82) is 0 Å². The van der Waals surface area contributed by atoms with Gasteiger partial charge in [-0.1, -0.05) is 11.6 Å². The predicted molar refractivity (Wildman–Crippen MR) is 43.7 cm³/mol. The molecule has 1 N–H and O–H groups in total. The van der Waals surface area contributed by atoms with Gasteiger partial charge in [-0.2, -0.15) is 0 Å². The number of anilines is 1. The molecule has 1 amide bonds. The Hall–Kier alpha value is -1.09. The van der Waals surface area contributed by atoms with Crippen molar-refractivity contribution < 1.29 is 9.18 Å². The number of halogens is 2. The minimum Gasteiger partial charge on any atom is -0.325 e. The van der Waals surface area contributed by atoms with E-state index in [2.05, 4.69) is 5.32 Å². The first-order valence-electron chi connectivity index (χ1n) is 3.44. The molecule has 1 aliphatic rings. The Morgan fingerprint density at radius 2 is 2.25 bits per heavy atom. The van der Waals surface area contributed by atoms with Crippen molar-refractivity contribution in [3.63, 3.8) is 0 Å². The summed E-state index contributed by atoms with van der Waals surface area (Å²) in [5.74, 6) is -0.599. The summed E-state index contributed by atoms with van der Waals surface area (Å²) < 4.78 is 12.8. The van der Waals surface area contributed by atoms with E-state index < -0.39 is 5.82 Å². The maximum absolute atomic E-state index is 12.8. The van der Waals surface area contributed by atoms with E-state index in [0.717, 1.165) is 0 Å². The molecule has 62 valence electrons. The zero-order valence-electron chi connectivity index (χ0n) is 6.03. The SMILES string of the molecule is O=C1Cc2cc(F)c(Cl)cc2N1. The van der Waals surface area contributed by atoms with E-state index >= 15 is 0 Å². The molecule has 0 aliphatic carbocycles. The van der Waals surface area contributed by atoms with Crippen LogP contribution in [0.15, 0.2) is 12.1 Å². The number of carbonyl (C=O) groups is 1. The summed E-state index contributed by atoms with van der Waals surface area (Å²) in [5.41, 5.74) is 1.29. The summed E-state index contributed by atoms with van der Waals surface area (Å²) in [6.07, 6.45) is 0.240. The average molecular weight is 186 g/mol. The van der Waals surface area contributed by atoms with Crippen molar-refractivity contribution in [2.24, 2.45) is 0 Å². The number of nitrogens with one attached hydrogen (secondary N) is 1. The highest BCUT2D eigenvalue weighted by atomic mass is 35.5. The van der Waals surface area contributed by atoms with Crippen molar-refractivity contribution >= 4 is 23.2 Å². The van der Waals surface area contributed by atoms with Gasteiger partial charge in [0.05, 0.1) is 11.4 Å². The van der Waals surface area contributed by atoms with Crippen LogP contribution in [0.25, 0.3) is 0 Å². The van der Waals surface area contributed by atoms with Crippen LogP contribution in [0.1, 0.15) is 5.56 Å². The van der Waals surface area contributed by atoms with Gasteiger partial charge in [0.2, 0.25) is 5.91 Å². The summed E-state index contributed by atoms with van der Waals surface area (Å²) in [7, 11) is 0. The molecule has 1 aliphatic heterocycles. The molecule has 1 heterocycles. The van der Waals surface area contributed by atoms with Gasteiger partial charge in [-0.05, 0) is 17.7 Å². The summed E-state index contributed by atoms with van der Waals surface area (Å²) in [6, 6.07) is 2.71. The number of hydrogen-bond donors (Lipinski definition) is 1. The first-order chi connectivity index (χ1) is 5.66. The highest BCUT2D eigenvalue weighted by Crippen LogP contribution is 2.28. The number of amides is 1. The fourth-order valence-electron chi connectivity index (χ4n) is 1.22. The van der Waals surface area contributed by atoms with Crippen molar-refractivity contribution in [2.45, 2.75) is 6.42 Å². The smallest absolute Gasteiger partial charge is 0.228 e. The van der Waals surface area contributed by atoms with Crippen molar-refractivity contribution in [3.8, 4) is 0 Å². The quantitative estimate of drug-likeness (QED) is 0.658. The van der Waals surface area contributed by atoms with Crippen LogP contribution in [0.3, 0.4) is 0 Å². The highest BCUT2D eigenvalue weighted by molar-refractivity contribution is 6.31. The lowest BCUT2D eigenvalue weighted by Gasteiger charge is -1.99. The van der Waals surface area contributed by atoms with Gasteiger partial charge in [-0.15, -0.1) is 0 Å². The lowest BCUT2D eigenvalue weighted by Crippen LogP contribution is -2.03. The molecule has 1 aromatic rings. The van der Waals surface area contributed by atoms with E-state index in [1.807, 2.05) is 0 Å². The Kier molecular flexibility index (Phi) is 1.54. The van der Waals surface area contributed by atoms with Crippen LogP contribution < -0.4 is 5.32 Å². The van der Waals surface area contributed by atoms with E-state index in [1.165, 1.54) is 12.1 Å². The standard InChI is InChI=1S/C8H5ClFNO/c9-5-3-7-4(1-6(5)10)2-8(12)11-7/h1,3H,2H2,(H,11,12). The topological polar surface area (TPSA) is 29.1 Å². The van der Waals surface area contributed by atoms with E-state index in [0.29, 0.717) is 11.3 Å². The van der Waals surface area contributed by atoms with Gasteiger partial charge in [-0.25, -0.2) is 4.39 Å². The van der Waals surface area contributed by atoms with Crippen LogP contribution in [0.2, 0.25) is 5.02 Å². The Morgan fingerprint density at radius 3 is 3.00 bits per heavy atom. The van der Waals surface area contributed by atoms with Crippen LogP contribution in [-0.2, 0) is 11.2 Å². The maximum atomic E-state index is 12.8. The minimum absolute atomic E-state index is 0.0379. The third-order valence-electron chi connectivity index (χ3n) is 1.77. The van der Waals surface area contributed by atoms with E-state index in [1.54, 1.807) is 0 Å². The van der Waals surface area contributed by atoms with Crippen LogP contribution in [-0.4, -0.2) is 5.91 Å². The molecule has 0 saturated carbocycles. The Balaban J connectivity index is 2.55. The van der Waals surface area contributed by atoms with E-state index in [9.17, 15) is 9.18 Å². The van der Waals surface area contributed by atoms with Gasteiger partial charge >= 0.3 is 0 Å². The van der Waals surface area contributed by atoms with Gasteiger partial charge in [0, 0.05) is 5.69 Å². The molecule has 1 aromatic carbocycles. The van der Waals surface area contributed by atoms with Gasteiger partial charge in [0.25, 0.3) is 0 Å². The predicted octanol–water partition coefficient (Wildman–Crippen LogP) is 1.97. The summed E-state index contributed by atoms with van der Waals surface area (Å²) in [4.78, 5) is 10.8. The normalized spacial score (nSPS) is 14.3. The molecule has 0 radical (unpaired) electrons. The van der Waals surface area contributed by atoms with Gasteiger partial charge in [0.15, 0.2) is 0 Å². The Labute approximate surface area is 73.3 Å². The average Bonchev–Trinajstić information content (AvgIpc) is 2.30. The number of rotatable bonds is 0. The first-order valence-corrected chi connectivity index (χ1v) is 3.82. The molecule has 0 fully saturated rings. The van der Waals surface area contributed by atoms with Crippen LogP contribution in [0.5, 0.6) is 0 Å². The number of carbonyl (C=O) groups excluding carboxylic acids is 1. The van der Waals surface area contributed by atoms with Gasteiger partial charge in [-0.3, -0.25) is 4.79 Å². The molecule has 2 nitrogen and oxygen atoms in total. The van der Waals surface area contributed by atoms with Crippen molar-refractivity contribution in [3.05, 3.63) is 28.5 Å². The second kappa shape index (κ2) is 2.45. The summed E-state index contributed by atoms with van der Waals surface area (Å²) >= 11 is 5.51. The Bertz CT molecular complexity index is 331. The largest absolute Gasteiger partial charge is 0.325 e. The van der Waals surface area contributed by atoms with Crippen molar-refractivity contribution in [2.75, 3.05) is 5.32 Å². The molecule has 12 heavy (non-hydrogen) atoms. The molecule has 0 bridgehead atoms. The molecule has 0 unspecified atom stereocenters. The van der Waals surface area contributed by atoms with E-state index in [-0.39, 0.29) is 17.4 Å². The molecule has 0 aromatic heterocycles. The third-order valence-corrected chi connectivity index (χ3v) is 2.06. The lowest BCUT2D eigenvalue weighted by atomic mass is 10.1. The maximum Gasteiger partial charge on any atom is 0.228 e. The third kappa shape index (κ3) is 1.06. The number of hydrogen-bond acceptors (Lipinski definition) is 1. The lowest BCUT2D eigenvalue weighted by molar-refractivity contribution is -0.115. The fourth-order valence-corrected chi connectivity index (χ4v) is 1.38. The molecule has 2 rings (SSSR count). The molecular formula is C8H5ClFNO. The second-order valence-electron chi connectivity index (χ2n) is 2.65. The van der Waals surface area contributed by atoms with Crippen LogP contribution in [0, 0.1) is 5.82 Å². The number of fused-ring (bicyclic) bond motifs is 1. The number of benzene rings is 1. The molecule has 4 heteroatoms. The molecule has 0 spiro atoms. The second-order valence-corrected chi connectivity index (χ2v) is 3.06. The fraction of sp³-hybridized carbons (Fsp3) is 0.125. The Morgan fingerprint density at radius 1 is 1.50 bits per heavy atom. The van der Waals surface area contributed by atoms with Crippen LogP contribution >= 0.6 is 11.6 Å². The van der Waals surface area contributed by atoms with Crippen LogP contribution in [0.4, 0.5) is 10.1 Å². The van der Waals surface area contributed by atoms with Gasteiger partial charge < -0.3 is 5.32 Å². The molecule has 0 saturated heterocycles. The molecule has 0 atom stereocenters. The minimum atomic E-state index is -0.480. The zero-order valence-corrected chi connectivity index (χ0v) is 6.78. The highest BCUT2D eigenvalue weighted by Gasteiger charge is 2.19. The molecular weight excluding hydrogens is 181 g/mol. The monoisotopic (exact) mass is 185 g/mol. The van der Waals surface area contributed by atoms with Crippen molar-refractivity contribution in [1.82, 2.24) is 0 Å². The summed E-state index contributed by atoms with van der Waals surface area (Å²) in [5, 5.41) is 2.61.